The van der Waals surface area contributed by atoms with Crippen LogP contribution < -0.4 is 15.8 Å². The molecule has 4 aromatic carbocycles. The quantitative estimate of drug-likeness (QED) is 0.217. The van der Waals surface area contributed by atoms with Crippen molar-refractivity contribution >= 4 is 17.9 Å². The minimum Gasteiger partial charge on any atom is -0.489 e. The highest BCUT2D eigenvalue weighted by atomic mass is 16.5. The van der Waals surface area contributed by atoms with Gasteiger partial charge in [0.1, 0.15) is 31.0 Å². The van der Waals surface area contributed by atoms with Gasteiger partial charge in [0.05, 0.1) is 0 Å². The van der Waals surface area contributed by atoms with Gasteiger partial charge in [-0.1, -0.05) is 103 Å². The van der Waals surface area contributed by atoms with Gasteiger partial charge < -0.3 is 25.4 Å². The zero-order chi connectivity index (χ0) is 30.4. The van der Waals surface area contributed by atoms with E-state index in [-0.39, 0.29) is 19.6 Å². The average Bonchev–Trinajstić information content (AvgIpc) is 3.04. The van der Waals surface area contributed by atoms with E-state index < -0.39 is 30.0 Å². The number of ether oxygens (including phenoxy) is 2. The van der Waals surface area contributed by atoms with Crippen LogP contribution in [-0.2, 0) is 40.4 Å². The van der Waals surface area contributed by atoms with E-state index in [1.165, 1.54) is 4.90 Å². The molecule has 3 N–H and O–H groups in total. The van der Waals surface area contributed by atoms with Gasteiger partial charge in [0.2, 0.25) is 11.8 Å². The van der Waals surface area contributed by atoms with Gasteiger partial charge in [-0.3, -0.25) is 9.59 Å². The van der Waals surface area contributed by atoms with E-state index in [1.54, 1.807) is 6.92 Å². The summed E-state index contributed by atoms with van der Waals surface area (Å²) in [6.07, 6.45) is -0.0475. The standard InChI is InChI=1S/C35H37N3O5/c1-26(33(36)39)38(22-21-27-11-5-2-6-12-27)34(40)32(37-35(41)43-25-30-15-9-4-10-16-30)23-28-17-19-31(20-18-28)42-24-29-13-7-3-8-14-29/h2-20,26,32H,21-25H2,1H3,(H2,36,39)(H,37,41)/t26-,32+/m1/s1. The Morgan fingerprint density at radius 1 is 0.721 bits per heavy atom. The molecule has 0 bridgehead atoms. The fourth-order valence-electron chi connectivity index (χ4n) is 4.55. The van der Waals surface area contributed by atoms with Crippen LogP contribution in [-0.4, -0.2) is 41.4 Å². The number of carbonyl (C=O) groups is 3. The molecule has 8 nitrogen and oxygen atoms in total. The number of alkyl carbamates (subject to hydrolysis) is 1. The van der Waals surface area contributed by atoms with Gasteiger partial charge in [0, 0.05) is 13.0 Å². The van der Waals surface area contributed by atoms with Crippen molar-refractivity contribution in [3.05, 3.63) is 138 Å². The second kappa shape index (κ2) is 15.8. The Morgan fingerprint density at radius 2 is 1.26 bits per heavy atom. The number of benzene rings is 4. The highest BCUT2D eigenvalue weighted by molar-refractivity contribution is 5.90. The van der Waals surface area contributed by atoms with Crippen molar-refractivity contribution in [3.63, 3.8) is 0 Å². The summed E-state index contributed by atoms with van der Waals surface area (Å²) in [4.78, 5) is 40.5. The Hall–Kier alpha value is -5.11. The van der Waals surface area contributed by atoms with Gasteiger partial charge in [-0.2, -0.15) is 0 Å². The van der Waals surface area contributed by atoms with Crippen LogP contribution in [0.3, 0.4) is 0 Å². The first-order chi connectivity index (χ1) is 20.9. The fourth-order valence-corrected chi connectivity index (χ4v) is 4.55. The highest BCUT2D eigenvalue weighted by Crippen LogP contribution is 2.17. The Labute approximate surface area is 252 Å². The normalized spacial score (nSPS) is 12.0. The molecule has 0 aliphatic heterocycles. The third kappa shape index (κ3) is 9.74. The molecule has 0 spiro atoms. The molecule has 0 fully saturated rings. The summed E-state index contributed by atoms with van der Waals surface area (Å²) < 4.78 is 11.3. The van der Waals surface area contributed by atoms with E-state index in [0.717, 1.165) is 22.3 Å². The molecule has 4 rings (SSSR count). The van der Waals surface area contributed by atoms with Crippen LogP contribution in [0.15, 0.2) is 115 Å². The number of amides is 3. The van der Waals surface area contributed by atoms with Crippen molar-refractivity contribution in [2.75, 3.05) is 6.54 Å². The molecule has 0 aliphatic carbocycles. The number of nitrogens with two attached hydrogens (primary N) is 1. The number of hydrogen-bond donors (Lipinski definition) is 2. The van der Waals surface area contributed by atoms with Gasteiger partial charge in [-0.05, 0) is 47.7 Å². The van der Waals surface area contributed by atoms with Crippen molar-refractivity contribution in [3.8, 4) is 5.75 Å². The Morgan fingerprint density at radius 3 is 1.81 bits per heavy atom. The van der Waals surface area contributed by atoms with Crippen molar-refractivity contribution in [2.45, 2.75) is 45.1 Å². The molecule has 0 radical (unpaired) electrons. The summed E-state index contributed by atoms with van der Waals surface area (Å²) >= 11 is 0. The van der Waals surface area contributed by atoms with Crippen molar-refractivity contribution in [1.29, 1.82) is 0 Å². The van der Waals surface area contributed by atoms with Gasteiger partial charge in [-0.15, -0.1) is 0 Å². The molecule has 222 valence electrons. The predicted molar refractivity (Wildman–Crippen MR) is 165 cm³/mol. The lowest BCUT2D eigenvalue weighted by Gasteiger charge is -2.31. The van der Waals surface area contributed by atoms with Gasteiger partial charge in [0.15, 0.2) is 0 Å². The zero-order valence-corrected chi connectivity index (χ0v) is 24.2. The second-order valence-electron chi connectivity index (χ2n) is 10.2. The summed E-state index contributed by atoms with van der Waals surface area (Å²) in [5.41, 5.74) is 9.31. The summed E-state index contributed by atoms with van der Waals surface area (Å²) in [5.74, 6) is -0.382. The lowest BCUT2D eigenvalue weighted by atomic mass is 10.0. The lowest BCUT2D eigenvalue weighted by molar-refractivity contribution is -0.140. The SMILES string of the molecule is C[C@H](C(N)=O)N(CCc1ccccc1)C(=O)[C@H](Cc1ccc(OCc2ccccc2)cc1)NC(=O)OCc1ccccc1. The molecule has 0 unspecified atom stereocenters. The van der Waals surface area contributed by atoms with Crippen LogP contribution >= 0.6 is 0 Å². The van der Waals surface area contributed by atoms with Crippen molar-refractivity contribution in [1.82, 2.24) is 10.2 Å². The number of nitrogens with one attached hydrogen (secondary N) is 1. The average molecular weight is 580 g/mol. The minimum atomic E-state index is -1.00. The van der Waals surface area contributed by atoms with E-state index >= 15 is 0 Å². The maximum Gasteiger partial charge on any atom is 0.408 e. The van der Waals surface area contributed by atoms with Crippen LogP contribution in [0, 0.1) is 0 Å². The molecule has 0 saturated carbocycles. The summed E-state index contributed by atoms with van der Waals surface area (Å²) in [6.45, 7) is 2.32. The fraction of sp³-hybridized carbons (Fsp3) is 0.229. The molecule has 43 heavy (non-hydrogen) atoms. The van der Waals surface area contributed by atoms with Crippen molar-refractivity contribution in [2.24, 2.45) is 5.73 Å². The Kier molecular flexibility index (Phi) is 11.3. The molecule has 8 heteroatoms. The Balaban J connectivity index is 1.49. The first kappa shape index (κ1) is 30.8. The smallest absolute Gasteiger partial charge is 0.408 e. The van der Waals surface area contributed by atoms with Gasteiger partial charge >= 0.3 is 6.09 Å². The van der Waals surface area contributed by atoms with Gasteiger partial charge in [-0.25, -0.2) is 4.79 Å². The lowest BCUT2D eigenvalue weighted by Crippen LogP contribution is -2.55. The summed E-state index contributed by atoms with van der Waals surface area (Å²) in [5, 5.41) is 2.73. The molecule has 0 aromatic heterocycles. The van der Waals surface area contributed by atoms with Crippen LogP contribution in [0.5, 0.6) is 5.75 Å². The van der Waals surface area contributed by atoms with Gasteiger partial charge in [0.25, 0.3) is 0 Å². The molecule has 0 saturated heterocycles. The van der Waals surface area contributed by atoms with E-state index in [4.69, 9.17) is 15.2 Å². The van der Waals surface area contributed by atoms with E-state index in [2.05, 4.69) is 5.32 Å². The first-order valence-corrected chi connectivity index (χ1v) is 14.3. The molecule has 0 heterocycles. The predicted octanol–water partition coefficient (Wildman–Crippen LogP) is 5.05. The number of nitrogens with zero attached hydrogens (tertiary/aromatic N) is 1. The maximum atomic E-state index is 14.0. The molecule has 3 amide bonds. The summed E-state index contributed by atoms with van der Waals surface area (Å²) in [6, 6.07) is 34.2. The number of hydrogen-bond acceptors (Lipinski definition) is 5. The molecular formula is C35H37N3O5. The molecule has 4 aromatic rings. The molecular weight excluding hydrogens is 542 g/mol. The van der Waals surface area contributed by atoms with E-state index in [1.807, 2.05) is 115 Å². The van der Waals surface area contributed by atoms with Crippen LogP contribution in [0.1, 0.15) is 29.2 Å². The number of primary amides is 1. The highest BCUT2D eigenvalue weighted by Gasteiger charge is 2.31. The minimum absolute atomic E-state index is 0.0520. The van der Waals surface area contributed by atoms with E-state index in [0.29, 0.717) is 18.8 Å². The van der Waals surface area contributed by atoms with Crippen molar-refractivity contribution < 1.29 is 23.9 Å². The Bertz CT molecular complexity index is 1450. The van der Waals surface area contributed by atoms with Crippen LogP contribution in [0.25, 0.3) is 0 Å². The number of rotatable bonds is 14. The third-order valence-corrected chi connectivity index (χ3v) is 7.06. The molecule has 2 atom stereocenters. The molecule has 0 aliphatic rings. The van der Waals surface area contributed by atoms with Crippen LogP contribution in [0.4, 0.5) is 4.79 Å². The topological polar surface area (TPSA) is 111 Å². The third-order valence-electron chi connectivity index (χ3n) is 7.06. The first-order valence-electron chi connectivity index (χ1n) is 14.3. The largest absolute Gasteiger partial charge is 0.489 e. The zero-order valence-electron chi connectivity index (χ0n) is 24.2. The summed E-state index contributed by atoms with van der Waals surface area (Å²) in [7, 11) is 0. The maximum absolute atomic E-state index is 14.0. The monoisotopic (exact) mass is 579 g/mol. The van der Waals surface area contributed by atoms with E-state index in [9.17, 15) is 14.4 Å². The number of carbonyl (C=O) groups excluding carboxylic acids is 3. The second-order valence-corrected chi connectivity index (χ2v) is 10.2. The van der Waals surface area contributed by atoms with Crippen LogP contribution in [0.2, 0.25) is 0 Å².